The van der Waals surface area contributed by atoms with E-state index in [2.05, 4.69) is 13.8 Å². The van der Waals surface area contributed by atoms with Gasteiger partial charge in [-0.3, -0.25) is 0 Å². The van der Waals surface area contributed by atoms with Crippen molar-refractivity contribution in [3.8, 4) is 0 Å². The van der Waals surface area contributed by atoms with Gasteiger partial charge in [0.1, 0.15) is 13.2 Å². The fourth-order valence-electron chi connectivity index (χ4n) is 0.774. The minimum absolute atomic E-state index is 0.521. The van der Waals surface area contributed by atoms with Crippen LogP contribution >= 0.6 is 0 Å². The zero-order valence-corrected chi connectivity index (χ0v) is 6.81. The molecule has 1 aliphatic rings. The third kappa shape index (κ3) is 1.43. The zero-order chi connectivity index (χ0) is 7.56. The van der Waals surface area contributed by atoms with Gasteiger partial charge in [0.25, 0.3) is 5.95 Å². The van der Waals surface area contributed by atoms with Crippen LogP contribution in [-0.4, -0.2) is 13.2 Å². The maximum Gasteiger partial charge on any atom is 0.278 e. The fourth-order valence-corrected chi connectivity index (χ4v) is 0.774. The Hall–Kier alpha value is -0.660. The molecule has 1 fully saturated rings. The Morgan fingerprint density at radius 3 is 2.20 bits per heavy atom. The molecule has 0 aliphatic carbocycles. The van der Waals surface area contributed by atoms with Gasteiger partial charge in [-0.25, -0.2) is 0 Å². The highest BCUT2D eigenvalue weighted by Gasteiger charge is 2.13. The lowest BCUT2D eigenvalue weighted by molar-refractivity contribution is 0.166. The Balaban J connectivity index is 2.63. The summed E-state index contributed by atoms with van der Waals surface area (Å²) in [6, 6.07) is 0. The topological polar surface area (TPSA) is 18.5 Å². The molecule has 0 unspecified atom stereocenters. The van der Waals surface area contributed by atoms with E-state index < -0.39 is 0 Å². The number of allylic oxidation sites excluding steroid dienone is 1. The molecular weight excluding hydrogens is 128 g/mol. The lowest BCUT2D eigenvalue weighted by Gasteiger charge is -2.06. The maximum absolute atomic E-state index is 5.23. The third-order valence-corrected chi connectivity index (χ3v) is 1.74. The molecule has 0 bridgehead atoms. The fraction of sp³-hybridized carbons (Fsp3) is 0.750. The third-order valence-electron chi connectivity index (χ3n) is 1.74. The van der Waals surface area contributed by atoms with Crippen molar-refractivity contribution in [2.24, 2.45) is 5.92 Å². The van der Waals surface area contributed by atoms with Crippen molar-refractivity contribution in [1.82, 2.24) is 0 Å². The SMILES string of the molecule is CC(=C1OCCO1)C(C)C. The predicted molar refractivity (Wildman–Crippen MR) is 39.4 cm³/mol. The van der Waals surface area contributed by atoms with Crippen LogP contribution in [0.1, 0.15) is 20.8 Å². The number of hydrogen-bond acceptors (Lipinski definition) is 2. The van der Waals surface area contributed by atoms with E-state index in [1.165, 1.54) is 5.57 Å². The van der Waals surface area contributed by atoms with Gasteiger partial charge in [-0.1, -0.05) is 13.8 Å². The van der Waals surface area contributed by atoms with E-state index in [1.54, 1.807) is 0 Å². The maximum atomic E-state index is 5.23. The van der Waals surface area contributed by atoms with E-state index in [0.717, 1.165) is 5.95 Å². The lowest BCUT2D eigenvalue weighted by Crippen LogP contribution is -1.95. The monoisotopic (exact) mass is 142 g/mol. The molecule has 2 nitrogen and oxygen atoms in total. The Kier molecular flexibility index (Phi) is 2.20. The normalized spacial score (nSPS) is 17.0. The Morgan fingerprint density at radius 2 is 1.80 bits per heavy atom. The van der Waals surface area contributed by atoms with Crippen LogP contribution in [0.3, 0.4) is 0 Å². The minimum atomic E-state index is 0.521. The highest BCUT2D eigenvalue weighted by molar-refractivity contribution is 5.03. The molecule has 1 rings (SSSR count). The summed E-state index contributed by atoms with van der Waals surface area (Å²) in [5.41, 5.74) is 1.21. The van der Waals surface area contributed by atoms with Gasteiger partial charge in [0.15, 0.2) is 0 Å². The lowest BCUT2D eigenvalue weighted by atomic mass is 10.1. The second-order valence-electron chi connectivity index (χ2n) is 2.82. The first kappa shape index (κ1) is 7.45. The Labute approximate surface area is 61.8 Å². The summed E-state index contributed by atoms with van der Waals surface area (Å²) >= 11 is 0. The van der Waals surface area contributed by atoms with Crippen molar-refractivity contribution < 1.29 is 9.47 Å². The summed E-state index contributed by atoms with van der Waals surface area (Å²) in [4.78, 5) is 0. The Bertz CT molecular complexity index is 139. The summed E-state index contributed by atoms with van der Waals surface area (Å²) < 4.78 is 10.5. The van der Waals surface area contributed by atoms with E-state index in [-0.39, 0.29) is 0 Å². The van der Waals surface area contributed by atoms with Gasteiger partial charge in [-0.15, -0.1) is 0 Å². The molecule has 1 aliphatic heterocycles. The summed E-state index contributed by atoms with van der Waals surface area (Å²) in [5, 5.41) is 0. The largest absolute Gasteiger partial charge is 0.462 e. The quantitative estimate of drug-likeness (QED) is 0.557. The summed E-state index contributed by atoms with van der Waals surface area (Å²) in [5.74, 6) is 1.27. The van der Waals surface area contributed by atoms with E-state index >= 15 is 0 Å². The smallest absolute Gasteiger partial charge is 0.278 e. The predicted octanol–water partition coefficient (Wildman–Crippen LogP) is 1.92. The van der Waals surface area contributed by atoms with Crippen LogP contribution in [0.15, 0.2) is 11.5 Å². The second-order valence-corrected chi connectivity index (χ2v) is 2.82. The van der Waals surface area contributed by atoms with Gasteiger partial charge in [0, 0.05) is 5.57 Å². The van der Waals surface area contributed by atoms with Crippen molar-refractivity contribution >= 4 is 0 Å². The van der Waals surface area contributed by atoms with Crippen LogP contribution in [0.2, 0.25) is 0 Å². The van der Waals surface area contributed by atoms with Gasteiger partial charge in [-0.2, -0.15) is 0 Å². The van der Waals surface area contributed by atoms with Gasteiger partial charge < -0.3 is 9.47 Å². The van der Waals surface area contributed by atoms with Crippen LogP contribution in [-0.2, 0) is 9.47 Å². The molecule has 0 saturated carbocycles. The van der Waals surface area contributed by atoms with E-state index in [4.69, 9.17) is 9.47 Å². The first-order chi connectivity index (χ1) is 4.72. The van der Waals surface area contributed by atoms with Crippen molar-refractivity contribution in [2.45, 2.75) is 20.8 Å². The first-order valence-corrected chi connectivity index (χ1v) is 3.68. The van der Waals surface area contributed by atoms with Gasteiger partial charge in [0.05, 0.1) is 0 Å². The second kappa shape index (κ2) is 2.95. The summed E-state index contributed by atoms with van der Waals surface area (Å²) in [6.45, 7) is 7.73. The molecule has 58 valence electrons. The molecule has 2 heteroatoms. The van der Waals surface area contributed by atoms with Gasteiger partial charge in [0.2, 0.25) is 0 Å². The first-order valence-electron chi connectivity index (χ1n) is 3.68. The van der Waals surface area contributed by atoms with Crippen LogP contribution < -0.4 is 0 Å². The molecule has 0 aromatic heterocycles. The molecule has 0 aromatic rings. The van der Waals surface area contributed by atoms with Crippen LogP contribution in [0, 0.1) is 5.92 Å². The Morgan fingerprint density at radius 1 is 1.30 bits per heavy atom. The van der Waals surface area contributed by atoms with Gasteiger partial charge in [-0.05, 0) is 12.8 Å². The van der Waals surface area contributed by atoms with Crippen LogP contribution in [0.25, 0.3) is 0 Å². The molecule has 1 saturated heterocycles. The van der Waals surface area contributed by atoms with Crippen LogP contribution in [0.5, 0.6) is 0 Å². The standard InChI is InChI=1S/C8H14O2/c1-6(2)7(3)8-9-4-5-10-8/h6H,4-5H2,1-3H3. The van der Waals surface area contributed by atoms with Crippen molar-refractivity contribution in [1.29, 1.82) is 0 Å². The van der Waals surface area contributed by atoms with Crippen molar-refractivity contribution in [3.63, 3.8) is 0 Å². The van der Waals surface area contributed by atoms with E-state index in [1.807, 2.05) is 6.92 Å². The van der Waals surface area contributed by atoms with Gasteiger partial charge >= 0.3 is 0 Å². The average molecular weight is 142 g/mol. The molecule has 0 aromatic carbocycles. The van der Waals surface area contributed by atoms with Crippen LogP contribution in [0.4, 0.5) is 0 Å². The number of ether oxygens (including phenoxy) is 2. The summed E-state index contributed by atoms with van der Waals surface area (Å²) in [6.07, 6.45) is 0. The zero-order valence-electron chi connectivity index (χ0n) is 6.81. The van der Waals surface area contributed by atoms with Crippen molar-refractivity contribution in [2.75, 3.05) is 13.2 Å². The number of rotatable bonds is 1. The van der Waals surface area contributed by atoms with E-state index in [9.17, 15) is 0 Å². The number of hydrogen-bond donors (Lipinski definition) is 0. The molecule has 0 N–H and O–H groups in total. The highest BCUT2D eigenvalue weighted by Crippen LogP contribution is 2.19. The molecule has 0 atom stereocenters. The highest BCUT2D eigenvalue weighted by atomic mass is 16.7. The molecule has 0 radical (unpaired) electrons. The molecule has 0 amide bonds. The van der Waals surface area contributed by atoms with E-state index in [0.29, 0.717) is 19.1 Å². The average Bonchev–Trinajstić information content (AvgIpc) is 2.36. The molecule has 1 heterocycles. The van der Waals surface area contributed by atoms with Crippen molar-refractivity contribution in [3.05, 3.63) is 11.5 Å². The minimum Gasteiger partial charge on any atom is -0.462 e. The molecular formula is C8H14O2. The molecule has 0 spiro atoms. The summed E-state index contributed by atoms with van der Waals surface area (Å²) in [7, 11) is 0. The molecule has 10 heavy (non-hydrogen) atoms.